The monoisotopic (exact) mass is 281 g/mol. The van der Waals surface area contributed by atoms with E-state index in [1.807, 2.05) is 0 Å². The van der Waals surface area contributed by atoms with Crippen LogP contribution in [0.3, 0.4) is 0 Å². The third kappa shape index (κ3) is 2.73. The number of nitrogens with two attached hydrogens (primary N) is 1. The van der Waals surface area contributed by atoms with Crippen molar-refractivity contribution in [3.05, 3.63) is 34.6 Å². The minimum absolute atomic E-state index is 0.340. The van der Waals surface area contributed by atoms with Crippen molar-refractivity contribution in [3.63, 3.8) is 0 Å². The van der Waals surface area contributed by atoms with Crippen molar-refractivity contribution in [1.29, 1.82) is 0 Å². The van der Waals surface area contributed by atoms with Gasteiger partial charge in [0, 0.05) is 23.2 Å². The van der Waals surface area contributed by atoms with Crippen molar-refractivity contribution in [1.82, 2.24) is 9.78 Å². The standard InChI is InChI=1S/C14H17ClFN3/c1-8(2)6-11-13(18-19(3)14(11)17)10-7-9(15)4-5-12(10)16/h4-5,7-8H,6,17H2,1-3H3. The molecule has 2 aromatic rings. The summed E-state index contributed by atoms with van der Waals surface area (Å²) >= 11 is 5.94. The van der Waals surface area contributed by atoms with Crippen LogP contribution in [0.15, 0.2) is 18.2 Å². The van der Waals surface area contributed by atoms with Crippen LogP contribution >= 0.6 is 11.6 Å². The maximum absolute atomic E-state index is 14.0. The summed E-state index contributed by atoms with van der Waals surface area (Å²) < 4.78 is 15.5. The number of hydrogen-bond donors (Lipinski definition) is 1. The fourth-order valence-corrected chi connectivity index (χ4v) is 2.26. The van der Waals surface area contributed by atoms with Gasteiger partial charge in [0.25, 0.3) is 0 Å². The minimum atomic E-state index is -0.340. The first-order valence-electron chi connectivity index (χ1n) is 6.17. The number of aryl methyl sites for hydroxylation is 1. The predicted molar refractivity (Wildman–Crippen MR) is 76.6 cm³/mol. The number of benzene rings is 1. The Balaban J connectivity index is 2.61. The SMILES string of the molecule is CC(C)Cc1c(-c2cc(Cl)ccc2F)nn(C)c1N. The molecule has 0 aliphatic rings. The van der Waals surface area contributed by atoms with E-state index in [1.54, 1.807) is 17.8 Å². The van der Waals surface area contributed by atoms with E-state index in [0.717, 1.165) is 12.0 Å². The largest absolute Gasteiger partial charge is 0.384 e. The molecule has 0 saturated heterocycles. The summed E-state index contributed by atoms with van der Waals surface area (Å²) in [6.07, 6.45) is 0.751. The van der Waals surface area contributed by atoms with Crippen molar-refractivity contribution in [2.24, 2.45) is 13.0 Å². The molecule has 1 aromatic heterocycles. The zero-order valence-corrected chi connectivity index (χ0v) is 12.0. The van der Waals surface area contributed by atoms with Crippen LogP contribution in [0.5, 0.6) is 0 Å². The fraction of sp³-hybridized carbons (Fsp3) is 0.357. The lowest BCUT2D eigenvalue weighted by Crippen LogP contribution is -2.02. The number of hydrogen-bond acceptors (Lipinski definition) is 2. The Morgan fingerprint density at radius 2 is 2.11 bits per heavy atom. The van der Waals surface area contributed by atoms with E-state index in [0.29, 0.717) is 28.0 Å². The number of anilines is 1. The Morgan fingerprint density at radius 3 is 2.74 bits per heavy atom. The quantitative estimate of drug-likeness (QED) is 0.933. The van der Waals surface area contributed by atoms with Crippen LogP contribution in [0.2, 0.25) is 5.02 Å². The van der Waals surface area contributed by atoms with Crippen LogP contribution < -0.4 is 5.73 Å². The van der Waals surface area contributed by atoms with Crippen LogP contribution in [0.25, 0.3) is 11.3 Å². The van der Waals surface area contributed by atoms with E-state index in [2.05, 4.69) is 18.9 Å². The molecule has 0 atom stereocenters. The second kappa shape index (κ2) is 5.21. The summed E-state index contributed by atoms with van der Waals surface area (Å²) in [5.74, 6) is 0.642. The Morgan fingerprint density at radius 1 is 1.42 bits per heavy atom. The highest BCUT2D eigenvalue weighted by atomic mass is 35.5. The molecule has 2 N–H and O–H groups in total. The van der Waals surface area contributed by atoms with Crippen molar-refractivity contribution >= 4 is 17.4 Å². The third-order valence-corrected chi connectivity index (χ3v) is 3.22. The van der Waals surface area contributed by atoms with E-state index in [1.165, 1.54) is 12.1 Å². The molecule has 0 fully saturated rings. The normalized spacial score (nSPS) is 11.3. The lowest BCUT2D eigenvalue weighted by molar-refractivity contribution is 0.628. The minimum Gasteiger partial charge on any atom is -0.384 e. The van der Waals surface area contributed by atoms with Crippen LogP contribution in [0, 0.1) is 11.7 Å². The molecule has 2 rings (SSSR count). The highest BCUT2D eigenvalue weighted by Gasteiger charge is 2.19. The smallest absolute Gasteiger partial charge is 0.132 e. The summed E-state index contributed by atoms with van der Waals surface area (Å²) in [4.78, 5) is 0. The van der Waals surface area contributed by atoms with Gasteiger partial charge in [-0.25, -0.2) is 4.39 Å². The molecule has 0 spiro atoms. The first-order valence-corrected chi connectivity index (χ1v) is 6.54. The predicted octanol–water partition coefficient (Wildman–Crippen LogP) is 3.66. The molecule has 5 heteroatoms. The van der Waals surface area contributed by atoms with Gasteiger partial charge in [0.15, 0.2) is 0 Å². The topological polar surface area (TPSA) is 43.8 Å². The van der Waals surface area contributed by atoms with Gasteiger partial charge in [0.2, 0.25) is 0 Å². The van der Waals surface area contributed by atoms with E-state index < -0.39 is 0 Å². The van der Waals surface area contributed by atoms with Crippen molar-refractivity contribution in [2.75, 3.05) is 5.73 Å². The Bertz CT molecular complexity index is 605. The average Bonchev–Trinajstić information content (AvgIpc) is 2.60. The molecule has 0 saturated carbocycles. The number of rotatable bonds is 3. The van der Waals surface area contributed by atoms with Gasteiger partial charge >= 0.3 is 0 Å². The lowest BCUT2D eigenvalue weighted by Gasteiger charge is -2.07. The molecule has 0 amide bonds. The first-order chi connectivity index (χ1) is 8.90. The fourth-order valence-electron chi connectivity index (χ4n) is 2.09. The summed E-state index contributed by atoms with van der Waals surface area (Å²) in [6.45, 7) is 4.18. The highest BCUT2D eigenvalue weighted by molar-refractivity contribution is 6.30. The molecular formula is C14H17ClFN3. The van der Waals surface area contributed by atoms with E-state index in [4.69, 9.17) is 17.3 Å². The van der Waals surface area contributed by atoms with Gasteiger partial charge in [-0.3, -0.25) is 4.68 Å². The summed E-state index contributed by atoms with van der Waals surface area (Å²) in [6, 6.07) is 4.46. The molecule has 0 bridgehead atoms. The van der Waals surface area contributed by atoms with Crippen LogP contribution in [-0.2, 0) is 13.5 Å². The molecule has 0 unspecified atom stereocenters. The molecule has 0 radical (unpaired) electrons. The van der Waals surface area contributed by atoms with Crippen molar-refractivity contribution < 1.29 is 4.39 Å². The molecule has 19 heavy (non-hydrogen) atoms. The van der Waals surface area contributed by atoms with Gasteiger partial charge in [-0.05, 0) is 30.5 Å². The summed E-state index contributed by atoms with van der Waals surface area (Å²) in [5.41, 5.74) is 7.87. The number of nitrogen functional groups attached to an aromatic ring is 1. The summed E-state index contributed by atoms with van der Waals surface area (Å²) in [7, 11) is 1.76. The average molecular weight is 282 g/mol. The Hall–Kier alpha value is -1.55. The molecule has 3 nitrogen and oxygen atoms in total. The van der Waals surface area contributed by atoms with Gasteiger partial charge in [-0.15, -0.1) is 0 Å². The van der Waals surface area contributed by atoms with E-state index in [-0.39, 0.29) is 5.82 Å². The molecule has 0 aliphatic carbocycles. The van der Waals surface area contributed by atoms with Crippen molar-refractivity contribution in [2.45, 2.75) is 20.3 Å². The van der Waals surface area contributed by atoms with Gasteiger partial charge in [0.1, 0.15) is 17.3 Å². The van der Waals surface area contributed by atoms with Crippen LogP contribution in [-0.4, -0.2) is 9.78 Å². The second-order valence-corrected chi connectivity index (χ2v) is 5.49. The zero-order chi connectivity index (χ0) is 14.2. The maximum Gasteiger partial charge on any atom is 0.132 e. The Kier molecular flexibility index (Phi) is 3.80. The molecule has 1 aromatic carbocycles. The second-order valence-electron chi connectivity index (χ2n) is 5.06. The zero-order valence-electron chi connectivity index (χ0n) is 11.2. The van der Waals surface area contributed by atoms with Gasteiger partial charge in [-0.2, -0.15) is 5.10 Å². The maximum atomic E-state index is 14.0. The van der Waals surface area contributed by atoms with Crippen LogP contribution in [0.4, 0.5) is 10.2 Å². The third-order valence-electron chi connectivity index (χ3n) is 2.99. The number of nitrogens with zero attached hydrogens (tertiary/aromatic N) is 2. The molecule has 102 valence electrons. The number of halogens is 2. The van der Waals surface area contributed by atoms with E-state index in [9.17, 15) is 4.39 Å². The van der Waals surface area contributed by atoms with Gasteiger partial charge in [0.05, 0.1) is 0 Å². The van der Waals surface area contributed by atoms with Gasteiger partial charge in [-0.1, -0.05) is 25.4 Å². The van der Waals surface area contributed by atoms with Gasteiger partial charge < -0.3 is 5.73 Å². The van der Waals surface area contributed by atoms with Crippen LogP contribution in [0.1, 0.15) is 19.4 Å². The van der Waals surface area contributed by atoms with E-state index >= 15 is 0 Å². The molecule has 1 heterocycles. The van der Waals surface area contributed by atoms with Crippen molar-refractivity contribution in [3.8, 4) is 11.3 Å². The molecular weight excluding hydrogens is 265 g/mol. The number of aromatic nitrogens is 2. The molecule has 0 aliphatic heterocycles. The highest BCUT2D eigenvalue weighted by Crippen LogP contribution is 2.32. The Labute approximate surface area is 117 Å². The lowest BCUT2D eigenvalue weighted by atomic mass is 9.99. The first kappa shape index (κ1) is 13.9. The summed E-state index contributed by atoms with van der Waals surface area (Å²) in [5, 5.41) is 4.81.